The molecule has 0 saturated carbocycles. The average Bonchev–Trinajstić information content (AvgIpc) is 3.19. The molecule has 0 aromatic carbocycles. The Balaban J connectivity index is 1.48. The van der Waals surface area contributed by atoms with Gasteiger partial charge in [-0.05, 0) is 25.7 Å². The first-order valence-corrected chi connectivity index (χ1v) is 21.8. The standard InChI is InChI=1S/C36H54N8O14S2/c1-3-5-15-55-35(53)41-29(47)25-23-43(31(49)39-27(25)45)13-19-59-21-17-57-33(51)37-11-9-7-8-10-12-38-34(52)58-18-22-60-20-14-44-24-26(28(46)40-32(44)50)30(48)42-36(54)56-16-6-4-2/h23-24H,3-22H2,1-2H3,(H,37,51)(H,38,52)(H,39,45,49)(H,40,46,50)(H,41,47,53)(H,42,48,54). The molecule has 6 amide bonds. The molecule has 0 bridgehead atoms. The Morgan fingerprint density at radius 2 is 0.917 bits per heavy atom. The SMILES string of the molecule is CCCCOC(=O)NC(=O)c1cn(CCSCCOC(=O)NCCCCCCNC(=O)OCCSCCn2cc(C(=O)NC(=O)OCCCC)c(=O)[nH]c2=O)c(=O)[nH]c1=O. The zero-order chi connectivity index (χ0) is 44.1. The van der Waals surface area contributed by atoms with E-state index in [4.69, 9.17) is 18.9 Å². The Labute approximate surface area is 353 Å². The normalized spacial score (nSPS) is 10.6. The second-order valence-corrected chi connectivity index (χ2v) is 15.1. The number of aromatic nitrogens is 4. The molecule has 0 aliphatic rings. The van der Waals surface area contributed by atoms with Crippen LogP contribution in [-0.4, -0.2) is 118 Å². The first-order chi connectivity index (χ1) is 28.9. The van der Waals surface area contributed by atoms with Crippen molar-refractivity contribution in [2.75, 3.05) is 62.5 Å². The molecular formula is C36H54N8O14S2. The van der Waals surface area contributed by atoms with Crippen LogP contribution in [0.5, 0.6) is 0 Å². The molecule has 0 saturated heterocycles. The topological polar surface area (TPSA) is 297 Å². The van der Waals surface area contributed by atoms with Crippen LogP contribution < -0.4 is 43.8 Å². The summed E-state index contributed by atoms with van der Waals surface area (Å²) in [6, 6.07) is 0. The Morgan fingerprint density at radius 3 is 1.30 bits per heavy atom. The maximum Gasteiger partial charge on any atom is 0.414 e. The van der Waals surface area contributed by atoms with Gasteiger partial charge in [-0.25, -0.2) is 28.8 Å². The third-order valence-electron chi connectivity index (χ3n) is 7.92. The van der Waals surface area contributed by atoms with E-state index in [0.717, 1.165) is 47.2 Å². The quantitative estimate of drug-likeness (QED) is 0.0552. The van der Waals surface area contributed by atoms with E-state index in [-0.39, 0.29) is 39.5 Å². The Bertz CT molecular complexity index is 1810. The molecule has 334 valence electrons. The van der Waals surface area contributed by atoms with Crippen LogP contribution in [0, 0.1) is 0 Å². The number of hydrogen-bond donors (Lipinski definition) is 6. The lowest BCUT2D eigenvalue weighted by atomic mass is 10.2. The van der Waals surface area contributed by atoms with E-state index in [9.17, 15) is 47.9 Å². The molecule has 0 radical (unpaired) electrons. The molecule has 60 heavy (non-hydrogen) atoms. The van der Waals surface area contributed by atoms with Gasteiger partial charge in [0.2, 0.25) is 0 Å². The van der Waals surface area contributed by atoms with Crippen LogP contribution in [0.3, 0.4) is 0 Å². The smallest absolute Gasteiger partial charge is 0.414 e. The first kappa shape index (κ1) is 50.6. The molecule has 2 rings (SSSR count). The number of carbonyl (C=O) groups is 6. The zero-order valence-corrected chi connectivity index (χ0v) is 35.4. The molecule has 0 unspecified atom stereocenters. The van der Waals surface area contributed by atoms with Crippen LogP contribution in [0.1, 0.15) is 85.9 Å². The fraction of sp³-hybridized carbons (Fsp3) is 0.611. The largest absolute Gasteiger partial charge is 0.449 e. The van der Waals surface area contributed by atoms with E-state index in [2.05, 4.69) is 20.6 Å². The molecule has 24 heteroatoms. The van der Waals surface area contributed by atoms with Crippen molar-refractivity contribution in [3.05, 3.63) is 65.2 Å². The molecule has 2 heterocycles. The van der Waals surface area contributed by atoms with Gasteiger partial charge in [-0.3, -0.25) is 48.9 Å². The number of thioether (sulfide) groups is 2. The number of H-pyrrole nitrogens is 2. The van der Waals surface area contributed by atoms with Crippen molar-refractivity contribution >= 4 is 59.7 Å². The highest BCUT2D eigenvalue weighted by atomic mass is 32.2. The maximum atomic E-state index is 12.3. The van der Waals surface area contributed by atoms with E-state index < -0.39 is 69.8 Å². The third-order valence-corrected chi connectivity index (χ3v) is 9.77. The lowest BCUT2D eigenvalue weighted by Gasteiger charge is -2.09. The van der Waals surface area contributed by atoms with Gasteiger partial charge in [0, 0.05) is 61.6 Å². The lowest BCUT2D eigenvalue weighted by molar-refractivity contribution is 0.0903. The van der Waals surface area contributed by atoms with E-state index in [0.29, 0.717) is 61.8 Å². The van der Waals surface area contributed by atoms with Gasteiger partial charge in [-0.15, -0.1) is 0 Å². The highest BCUT2D eigenvalue weighted by Gasteiger charge is 2.18. The highest BCUT2D eigenvalue weighted by molar-refractivity contribution is 7.99. The minimum atomic E-state index is -0.993. The molecule has 2 aromatic heterocycles. The molecule has 6 N–H and O–H groups in total. The minimum Gasteiger partial charge on any atom is -0.449 e. The van der Waals surface area contributed by atoms with E-state index in [1.807, 2.05) is 24.5 Å². The van der Waals surface area contributed by atoms with Gasteiger partial charge in [0.25, 0.3) is 22.9 Å². The number of unbranched alkanes of at least 4 members (excludes halogenated alkanes) is 5. The van der Waals surface area contributed by atoms with Crippen LogP contribution in [0.25, 0.3) is 0 Å². The van der Waals surface area contributed by atoms with E-state index in [1.165, 1.54) is 23.5 Å². The number of aryl methyl sites for hydroxylation is 2. The number of carbonyl (C=O) groups excluding carboxylic acids is 6. The van der Waals surface area contributed by atoms with Crippen molar-refractivity contribution in [1.82, 2.24) is 40.4 Å². The maximum absolute atomic E-state index is 12.3. The van der Waals surface area contributed by atoms with Crippen LogP contribution >= 0.6 is 23.5 Å². The molecule has 0 aliphatic heterocycles. The Morgan fingerprint density at radius 1 is 0.533 bits per heavy atom. The number of imide groups is 2. The molecule has 2 aromatic rings. The third kappa shape index (κ3) is 20.9. The summed E-state index contributed by atoms with van der Waals surface area (Å²) < 4.78 is 22.3. The fourth-order valence-corrected chi connectivity index (χ4v) is 6.15. The predicted octanol–water partition coefficient (Wildman–Crippen LogP) is 1.90. The summed E-state index contributed by atoms with van der Waals surface area (Å²) in [7, 11) is 0. The van der Waals surface area contributed by atoms with Crippen LogP contribution in [-0.2, 0) is 32.0 Å². The monoisotopic (exact) mass is 886 g/mol. The van der Waals surface area contributed by atoms with Gasteiger partial charge in [0.05, 0.1) is 13.2 Å². The zero-order valence-electron chi connectivity index (χ0n) is 33.7. The summed E-state index contributed by atoms with van der Waals surface area (Å²) in [6.45, 7) is 5.39. The molecule has 0 spiro atoms. The summed E-state index contributed by atoms with van der Waals surface area (Å²) in [6.07, 6.45) is 4.85. The Hall–Kier alpha value is -5.52. The summed E-state index contributed by atoms with van der Waals surface area (Å²) in [5, 5.41) is 9.24. The van der Waals surface area contributed by atoms with Gasteiger partial charge in [0.15, 0.2) is 0 Å². The summed E-state index contributed by atoms with van der Waals surface area (Å²) in [5.41, 5.74) is -4.13. The van der Waals surface area contributed by atoms with Crippen molar-refractivity contribution in [3.8, 4) is 0 Å². The van der Waals surface area contributed by atoms with E-state index >= 15 is 0 Å². The molecular weight excluding hydrogens is 833 g/mol. The number of nitrogens with one attached hydrogen (secondary N) is 6. The number of alkyl carbamates (subject to hydrolysis) is 4. The molecule has 0 atom stereocenters. The molecule has 22 nitrogen and oxygen atoms in total. The number of ether oxygens (including phenoxy) is 4. The Kier molecular flexibility index (Phi) is 25.0. The van der Waals surface area contributed by atoms with Crippen LogP contribution in [0.2, 0.25) is 0 Å². The lowest BCUT2D eigenvalue weighted by Crippen LogP contribution is -2.39. The summed E-state index contributed by atoms with van der Waals surface area (Å²) >= 11 is 2.76. The summed E-state index contributed by atoms with van der Waals surface area (Å²) in [4.78, 5) is 125. The van der Waals surface area contributed by atoms with Gasteiger partial charge in [-0.2, -0.15) is 23.5 Å². The number of nitrogens with zero attached hydrogens (tertiary/aromatic N) is 2. The second kappa shape index (κ2) is 29.7. The molecule has 0 fully saturated rings. The second-order valence-electron chi connectivity index (χ2n) is 12.6. The van der Waals surface area contributed by atoms with Crippen LogP contribution in [0.15, 0.2) is 31.6 Å². The molecule has 0 aliphatic carbocycles. The highest BCUT2D eigenvalue weighted by Crippen LogP contribution is 2.04. The number of aromatic amines is 2. The number of hydrogen-bond acceptors (Lipinski definition) is 16. The van der Waals surface area contributed by atoms with Crippen molar-refractivity contribution < 1.29 is 47.7 Å². The average molecular weight is 887 g/mol. The predicted molar refractivity (Wildman–Crippen MR) is 222 cm³/mol. The summed E-state index contributed by atoms with van der Waals surface area (Å²) in [5.74, 6) is -0.312. The minimum absolute atomic E-state index is 0.117. The van der Waals surface area contributed by atoms with Gasteiger partial charge >= 0.3 is 35.8 Å². The first-order valence-electron chi connectivity index (χ1n) is 19.5. The van der Waals surface area contributed by atoms with E-state index in [1.54, 1.807) is 0 Å². The number of rotatable bonds is 27. The van der Waals surface area contributed by atoms with Crippen LogP contribution in [0.4, 0.5) is 19.2 Å². The van der Waals surface area contributed by atoms with Gasteiger partial charge in [-0.1, -0.05) is 39.5 Å². The van der Waals surface area contributed by atoms with Crippen molar-refractivity contribution in [2.45, 2.75) is 78.3 Å². The van der Waals surface area contributed by atoms with Crippen molar-refractivity contribution in [3.63, 3.8) is 0 Å². The van der Waals surface area contributed by atoms with Crippen molar-refractivity contribution in [1.29, 1.82) is 0 Å². The van der Waals surface area contributed by atoms with Gasteiger partial charge in [0.1, 0.15) is 24.3 Å². The van der Waals surface area contributed by atoms with Crippen molar-refractivity contribution in [2.24, 2.45) is 0 Å². The number of amides is 6. The van der Waals surface area contributed by atoms with Gasteiger partial charge < -0.3 is 29.6 Å². The fourth-order valence-electron chi connectivity index (χ4n) is 4.69.